The van der Waals surface area contributed by atoms with Gasteiger partial charge in [0.2, 0.25) is 0 Å². The van der Waals surface area contributed by atoms with Gasteiger partial charge < -0.3 is 14.8 Å². The van der Waals surface area contributed by atoms with Crippen molar-refractivity contribution in [2.24, 2.45) is 0 Å². The van der Waals surface area contributed by atoms with Crippen LogP contribution in [0.4, 0.5) is 4.79 Å². The zero-order valence-corrected chi connectivity index (χ0v) is 13.6. The van der Waals surface area contributed by atoms with E-state index in [2.05, 4.69) is 32.9 Å². The summed E-state index contributed by atoms with van der Waals surface area (Å²) >= 11 is 3.61. The number of methoxy groups -OCH3 is 2. The van der Waals surface area contributed by atoms with E-state index in [0.29, 0.717) is 13.0 Å². The second-order valence-corrected chi connectivity index (χ2v) is 5.16. The lowest BCUT2D eigenvalue weighted by atomic mass is 9.97. The number of amides is 1. The monoisotopic (exact) mass is 329 g/mol. The van der Waals surface area contributed by atoms with Gasteiger partial charge in [-0.05, 0) is 43.9 Å². The molecule has 106 valence electrons. The number of hydrogen-bond donors (Lipinski definition) is 1. The maximum Gasteiger partial charge on any atom is 0.406 e. The van der Waals surface area contributed by atoms with E-state index in [4.69, 9.17) is 4.74 Å². The summed E-state index contributed by atoms with van der Waals surface area (Å²) in [6.07, 6.45) is 0.281. The highest BCUT2D eigenvalue weighted by molar-refractivity contribution is 9.10. The van der Waals surface area contributed by atoms with Crippen molar-refractivity contribution in [1.29, 1.82) is 0 Å². The first-order valence-corrected chi connectivity index (χ1v) is 6.87. The molecule has 19 heavy (non-hydrogen) atoms. The van der Waals surface area contributed by atoms with Crippen molar-refractivity contribution in [3.05, 3.63) is 26.7 Å². The van der Waals surface area contributed by atoms with Crippen LogP contribution in [0.25, 0.3) is 0 Å². The molecule has 0 fully saturated rings. The van der Waals surface area contributed by atoms with Crippen LogP contribution in [0.5, 0.6) is 5.75 Å². The number of nitrogens with one attached hydrogen (secondary N) is 1. The summed E-state index contributed by atoms with van der Waals surface area (Å²) in [5.41, 5.74) is 4.55. The van der Waals surface area contributed by atoms with Gasteiger partial charge in [0.25, 0.3) is 0 Å². The van der Waals surface area contributed by atoms with E-state index in [1.54, 1.807) is 7.11 Å². The molecule has 0 aliphatic heterocycles. The number of alkyl carbamates (subject to hydrolysis) is 1. The van der Waals surface area contributed by atoms with E-state index in [9.17, 15) is 4.79 Å². The molecule has 1 rings (SSSR count). The van der Waals surface area contributed by atoms with Crippen LogP contribution in [-0.2, 0) is 11.2 Å². The molecule has 4 nitrogen and oxygen atoms in total. The molecule has 0 aromatic heterocycles. The fourth-order valence-corrected chi connectivity index (χ4v) is 2.62. The van der Waals surface area contributed by atoms with E-state index < -0.39 is 6.09 Å². The molecule has 0 unspecified atom stereocenters. The third-order valence-electron chi connectivity index (χ3n) is 3.32. The Morgan fingerprint density at radius 2 is 1.79 bits per heavy atom. The van der Waals surface area contributed by atoms with Gasteiger partial charge >= 0.3 is 6.09 Å². The quantitative estimate of drug-likeness (QED) is 0.922. The number of benzene rings is 1. The summed E-state index contributed by atoms with van der Waals surface area (Å²) in [7, 11) is 3.03. The summed E-state index contributed by atoms with van der Waals surface area (Å²) in [5.74, 6) is 0.893. The highest BCUT2D eigenvalue weighted by atomic mass is 79.9. The average molecular weight is 330 g/mol. The van der Waals surface area contributed by atoms with Crippen LogP contribution < -0.4 is 10.1 Å². The van der Waals surface area contributed by atoms with Crippen molar-refractivity contribution in [2.45, 2.75) is 27.2 Å². The van der Waals surface area contributed by atoms with Gasteiger partial charge in [-0.2, -0.15) is 0 Å². The lowest BCUT2D eigenvalue weighted by Crippen LogP contribution is -2.25. The Morgan fingerprint density at radius 1 is 1.16 bits per heavy atom. The van der Waals surface area contributed by atoms with Crippen molar-refractivity contribution in [2.75, 3.05) is 20.8 Å². The molecule has 5 heteroatoms. The van der Waals surface area contributed by atoms with Gasteiger partial charge in [0.15, 0.2) is 0 Å². The van der Waals surface area contributed by atoms with Crippen molar-refractivity contribution in [3.8, 4) is 5.75 Å². The molecule has 0 saturated heterocycles. The van der Waals surface area contributed by atoms with Crippen LogP contribution in [0.3, 0.4) is 0 Å². The third kappa shape index (κ3) is 3.41. The number of carbonyl (C=O) groups is 1. The van der Waals surface area contributed by atoms with Gasteiger partial charge in [0.1, 0.15) is 5.75 Å². The average Bonchev–Trinajstić information content (AvgIpc) is 2.41. The van der Waals surface area contributed by atoms with Crippen LogP contribution in [0, 0.1) is 20.8 Å². The molecule has 0 bridgehead atoms. The summed E-state index contributed by atoms with van der Waals surface area (Å²) < 4.78 is 11.2. The molecule has 0 atom stereocenters. The second-order valence-electron chi connectivity index (χ2n) is 4.37. The van der Waals surface area contributed by atoms with Crippen LogP contribution in [0.2, 0.25) is 0 Å². The molecule has 1 amide bonds. The van der Waals surface area contributed by atoms with E-state index in [1.165, 1.54) is 12.7 Å². The maximum atomic E-state index is 11.1. The predicted molar refractivity (Wildman–Crippen MR) is 79.0 cm³/mol. The third-order valence-corrected chi connectivity index (χ3v) is 4.51. The van der Waals surface area contributed by atoms with Crippen molar-refractivity contribution in [3.63, 3.8) is 0 Å². The molecular formula is C14H20BrNO3. The molecule has 0 radical (unpaired) electrons. The van der Waals surface area contributed by atoms with E-state index in [1.807, 2.05) is 13.8 Å². The Hall–Kier alpha value is -1.23. The highest BCUT2D eigenvalue weighted by Crippen LogP contribution is 2.36. The number of ether oxygens (including phenoxy) is 2. The first-order chi connectivity index (χ1) is 8.93. The number of halogens is 1. The molecule has 0 aliphatic carbocycles. The molecule has 0 aliphatic rings. The number of hydrogen-bond acceptors (Lipinski definition) is 3. The number of rotatable bonds is 4. The van der Waals surface area contributed by atoms with Crippen LogP contribution >= 0.6 is 15.9 Å². The minimum atomic E-state index is -0.417. The van der Waals surface area contributed by atoms with E-state index in [-0.39, 0.29) is 0 Å². The summed E-state index contributed by atoms with van der Waals surface area (Å²) in [4.78, 5) is 11.1. The fourth-order valence-electron chi connectivity index (χ4n) is 2.08. The Balaban J connectivity index is 3.02. The van der Waals surface area contributed by atoms with E-state index >= 15 is 0 Å². The zero-order valence-electron chi connectivity index (χ0n) is 12.0. The van der Waals surface area contributed by atoms with Gasteiger partial charge in [0.05, 0.1) is 14.2 Å². The molecule has 1 aromatic carbocycles. The number of carbonyl (C=O) groups excluding carboxylic acids is 1. The SMILES string of the molecule is COC(=O)NCCc1c(C)c(Br)c(C)c(C)c1OC. The van der Waals surface area contributed by atoms with Crippen LogP contribution in [-0.4, -0.2) is 26.9 Å². The topological polar surface area (TPSA) is 47.6 Å². The van der Waals surface area contributed by atoms with Crippen molar-refractivity contribution < 1.29 is 14.3 Å². The minimum absolute atomic E-state index is 0.417. The minimum Gasteiger partial charge on any atom is -0.496 e. The predicted octanol–water partition coefficient (Wildman–Crippen LogP) is 3.28. The Bertz CT molecular complexity index is 486. The van der Waals surface area contributed by atoms with Gasteiger partial charge in [-0.3, -0.25) is 0 Å². The molecule has 1 aromatic rings. The lowest BCUT2D eigenvalue weighted by molar-refractivity contribution is 0.171. The summed E-state index contributed by atoms with van der Waals surface area (Å²) in [5, 5.41) is 2.68. The molecular weight excluding hydrogens is 310 g/mol. The molecule has 0 saturated carbocycles. The first-order valence-electron chi connectivity index (χ1n) is 6.07. The second kappa shape index (κ2) is 6.80. The zero-order chi connectivity index (χ0) is 14.6. The standard InChI is InChI=1S/C14H20BrNO3/c1-8-9(2)13(18-4)11(10(3)12(8)15)6-7-16-14(17)19-5/h6-7H2,1-5H3,(H,16,17). The van der Waals surface area contributed by atoms with Gasteiger partial charge in [-0.15, -0.1) is 0 Å². The Labute approximate surface area is 122 Å². The maximum absolute atomic E-state index is 11.1. The Kier molecular flexibility index (Phi) is 5.66. The largest absolute Gasteiger partial charge is 0.496 e. The van der Waals surface area contributed by atoms with E-state index in [0.717, 1.165) is 26.9 Å². The molecule has 0 spiro atoms. The smallest absolute Gasteiger partial charge is 0.406 e. The van der Waals surface area contributed by atoms with Gasteiger partial charge in [0, 0.05) is 16.6 Å². The van der Waals surface area contributed by atoms with Crippen LogP contribution in [0.15, 0.2) is 4.47 Å². The highest BCUT2D eigenvalue weighted by Gasteiger charge is 2.16. The van der Waals surface area contributed by atoms with Crippen molar-refractivity contribution in [1.82, 2.24) is 5.32 Å². The normalized spacial score (nSPS) is 10.2. The lowest BCUT2D eigenvalue weighted by Gasteiger charge is -2.19. The van der Waals surface area contributed by atoms with Crippen LogP contribution in [0.1, 0.15) is 22.3 Å². The van der Waals surface area contributed by atoms with Gasteiger partial charge in [-0.1, -0.05) is 15.9 Å². The molecule has 0 heterocycles. The Morgan fingerprint density at radius 3 is 2.32 bits per heavy atom. The van der Waals surface area contributed by atoms with Crippen molar-refractivity contribution >= 4 is 22.0 Å². The fraction of sp³-hybridized carbons (Fsp3) is 0.500. The summed E-state index contributed by atoms with van der Waals surface area (Å²) in [6.45, 7) is 6.66. The first kappa shape index (κ1) is 15.8. The molecule has 1 N–H and O–H groups in total. The summed E-state index contributed by atoms with van der Waals surface area (Å²) in [6, 6.07) is 0. The van der Waals surface area contributed by atoms with Gasteiger partial charge in [-0.25, -0.2) is 4.79 Å².